The fourth-order valence-corrected chi connectivity index (χ4v) is 3.58. The van der Waals surface area contributed by atoms with Crippen molar-refractivity contribution in [2.75, 3.05) is 13.1 Å². The van der Waals surface area contributed by atoms with Gasteiger partial charge in [-0.05, 0) is 37.5 Å². The second-order valence-corrected chi connectivity index (χ2v) is 8.61. The number of piperidine rings is 1. The third kappa shape index (κ3) is 4.61. The summed E-state index contributed by atoms with van der Waals surface area (Å²) in [5.41, 5.74) is 1.74. The van der Waals surface area contributed by atoms with E-state index in [1.807, 2.05) is 67.6 Å². The van der Waals surface area contributed by atoms with Crippen molar-refractivity contribution in [3.8, 4) is 5.69 Å². The first-order chi connectivity index (χ1) is 13.3. The maximum Gasteiger partial charge on any atom is 0.227 e. The molecule has 1 N–H and O–H groups in total. The summed E-state index contributed by atoms with van der Waals surface area (Å²) < 4.78 is 1.94. The predicted molar refractivity (Wildman–Crippen MR) is 109 cm³/mol. The lowest BCUT2D eigenvalue weighted by Crippen LogP contribution is -2.46. The number of nitrogens with zero attached hydrogens (tertiary/aromatic N) is 3. The highest BCUT2D eigenvalue weighted by Crippen LogP contribution is 2.24. The largest absolute Gasteiger partial charge is 0.349 e. The van der Waals surface area contributed by atoms with E-state index in [4.69, 9.17) is 0 Å². The van der Waals surface area contributed by atoms with Crippen LogP contribution in [-0.2, 0) is 9.59 Å². The highest BCUT2D eigenvalue weighted by Gasteiger charge is 2.32. The Kier molecular flexibility index (Phi) is 5.87. The van der Waals surface area contributed by atoms with Crippen LogP contribution in [0.25, 0.3) is 5.69 Å². The number of carbonyl (C=O) groups excluding carboxylic acids is 2. The van der Waals surface area contributed by atoms with Gasteiger partial charge in [-0.2, -0.15) is 0 Å². The van der Waals surface area contributed by atoms with Gasteiger partial charge < -0.3 is 14.8 Å². The Morgan fingerprint density at radius 1 is 1.14 bits per heavy atom. The molecule has 6 heteroatoms. The molecule has 0 spiro atoms. The number of likely N-dealkylation sites (tertiary alicyclic amines) is 1. The molecule has 1 atom stereocenters. The van der Waals surface area contributed by atoms with E-state index in [0.29, 0.717) is 13.1 Å². The quantitative estimate of drug-likeness (QED) is 0.882. The average molecular weight is 383 g/mol. The molecule has 1 aliphatic heterocycles. The number of amides is 2. The summed E-state index contributed by atoms with van der Waals surface area (Å²) in [7, 11) is 0. The summed E-state index contributed by atoms with van der Waals surface area (Å²) in [6, 6.07) is 8.06. The number of benzene rings is 1. The molecule has 2 amide bonds. The van der Waals surface area contributed by atoms with Crippen LogP contribution in [0.15, 0.2) is 43.0 Å². The van der Waals surface area contributed by atoms with Gasteiger partial charge in [-0.3, -0.25) is 9.59 Å². The Hall–Kier alpha value is -2.63. The van der Waals surface area contributed by atoms with E-state index in [9.17, 15) is 9.59 Å². The van der Waals surface area contributed by atoms with Gasteiger partial charge in [0.25, 0.3) is 0 Å². The lowest BCUT2D eigenvalue weighted by atomic mass is 9.90. The van der Waals surface area contributed by atoms with Crippen LogP contribution in [0.2, 0.25) is 0 Å². The summed E-state index contributed by atoms with van der Waals surface area (Å²) in [6.45, 7) is 9.13. The van der Waals surface area contributed by atoms with Crippen LogP contribution >= 0.6 is 0 Å². The van der Waals surface area contributed by atoms with Crippen molar-refractivity contribution in [2.24, 2.45) is 11.3 Å². The first-order valence-corrected chi connectivity index (χ1v) is 9.94. The van der Waals surface area contributed by atoms with E-state index in [0.717, 1.165) is 24.1 Å². The van der Waals surface area contributed by atoms with E-state index in [1.165, 1.54) is 0 Å². The summed E-state index contributed by atoms with van der Waals surface area (Å²) >= 11 is 0. The van der Waals surface area contributed by atoms with Gasteiger partial charge >= 0.3 is 0 Å². The van der Waals surface area contributed by atoms with E-state index in [-0.39, 0.29) is 29.2 Å². The molecule has 0 unspecified atom stereocenters. The van der Waals surface area contributed by atoms with Crippen LogP contribution in [0.1, 0.15) is 52.1 Å². The van der Waals surface area contributed by atoms with Gasteiger partial charge in [0, 0.05) is 42.5 Å². The molecule has 6 nitrogen and oxygen atoms in total. The first-order valence-electron chi connectivity index (χ1n) is 9.94. The number of hydrogen-bond donors (Lipinski definition) is 1. The van der Waals surface area contributed by atoms with Crippen LogP contribution in [0.5, 0.6) is 0 Å². The maximum absolute atomic E-state index is 12.7. The Morgan fingerprint density at radius 2 is 1.79 bits per heavy atom. The summed E-state index contributed by atoms with van der Waals surface area (Å²) in [4.78, 5) is 31.0. The molecule has 28 heavy (non-hydrogen) atoms. The molecule has 1 aliphatic rings. The van der Waals surface area contributed by atoms with Crippen LogP contribution in [0.4, 0.5) is 0 Å². The lowest BCUT2D eigenvalue weighted by Gasteiger charge is -2.35. The molecule has 0 bridgehead atoms. The topological polar surface area (TPSA) is 67.2 Å². The summed E-state index contributed by atoms with van der Waals surface area (Å²) in [6.07, 6.45) is 6.85. The predicted octanol–water partition coefficient (Wildman–Crippen LogP) is 3.33. The number of aromatic nitrogens is 2. The van der Waals surface area contributed by atoms with Gasteiger partial charge in [-0.25, -0.2) is 4.98 Å². The molecule has 0 aliphatic carbocycles. The van der Waals surface area contributed by atoms with Crippen molar-refractivity contribution < 1.29 is 9.59 Å². The highest BCUT2D eigenvalue weighted by molar-refractivity contribution is 5.83. The van der Waals surface area contributed by atoms with Gasteiger partial charge in [-0.15, -0.1) is 0 Å². The van der Waals surface area contributed by atoms with Crippen molar-refractivity contribution >= 4 is 11.8 Å². The van der Waals surface area contributed by atoms with Crippen LogP contribution < -0.4 is 5.32 Å². The molecule has 1 aromatic carbocycles. The number of nitrogens with one attached hydrogen (secondary N) is 1. The molecule has 2 heterocycles. The van der Waals surface area contributed by atoms with Crippen LogP contribution in [0.3, 0.4) is 0 Å². The number of imidazole rings is 1. The third-order valence-corrected chi connectivity index (χ3v) is 5.35. The fourth-order valence-electron chi connectivity index (χ4n) is 3.58. The van der Waals surface area contributed by atoms with E-state index in [2.05, 4.69) is 10.3 Å². The molecule has 150 valence electrons. The molecule has 1 aromatic heterocycles. The monoisotopic (exact) mass is 382 g/mol. The standard InChI is InChI=1S/C22H30N4O2/c1-16(17-5-7-19(8-6-17)26-14-11-23-15-26)24-20(27)18-9-12-25(13-10-18)21(28)22(2,3)4/h5-8,11,14-16,18H,9-10,12-13H2,1-4H3,(H,24,27)/t16-/m1/s1. The zero-order valence-corrected chi connectivity index (χ0v) is 17.2. The second kappa shape index (κ2) is 8.17. The van der Waals surface area contributed by atoms with Gasteiger partial charge in [0.15, 0.2) is 0 Å². The average Bonchev–Trinajstić information content (AvgIpc) is 3.21. The first kappa shape index (κ1) is 20.1. The minimum absolute atomic E-state index is 0.0308. The fraction of sp³-hybridized carbons (Fsp3) is 0.500. The second-order valence-electron chi connectivity index (χ2n) is 8.61. The highest BCUT2D eigenvalue weighted by atomic mass is 16.2. The molecule has 3 rings (SSSR count). The lowest BCUT2D eigenvalue weighted by molar-refractivity contribution is -0.142. The third-order valence-electron chi connectivity index (χ3n) is 5.35. The van der Waals surface area contributed by atoms with Crippen LogP contribution in [-0.4, -0.2) is 39.4 Å². The Labute approximate surface area is 166 Å². The Balaban J connectivity index is 1.53. The molecular formula is C22H30N4O2. The normalized spacial score (nSPS) is 16.6. The number of hydrogen-bond acceptors (Lipinski definition) is 3. The van der Waals surface area contributed by atoms with Crippen molar-refractivity contribution in [1.82, 2.24) is 19.8 Å². The smallest absolute Gasteiger partial charge is 0.227 e. The van der Waals surface area contributed by atoms with Crippen molar-refractivity contribution in [3.63, 3.8) is 0 Å². The molecule has 2 aromatic rings. The molecule has 1 saturated heterocycles. The SMILES string of the molecule is C[C@@H](NC(=O)C1CCN(C(=O)C(C)(C)C)CC1)c1ccc(-n2ccnc2)cc1. The van der Waals surface area contributed by atoms with Gasteiger partial charge in [0.05, 0.1) is 12.4 Å². The molecule has 0 saturated carbocycles. The Morgan fingerprint density at radius 3 is 2.32 bits per heavy atom. The van der Waals surface area contributed by atoms with Gasteiger partial charge in [-0.1, -0.05) is 32.9 Å². The maximum atomic E-state index is 12.7. The van der Waals surface area contributed by atoms with Gasteiger partial charge in [0.1, 0.15) is 0 Å². The van der Waals surface area contributed by atoms with Crippen molar-refractivity contribution in [1.29, 1.82) is 0 Å². The number of rotatable bonds is 4. The number of carbonyl (C=O) groups is 2. The molecule has 1 fully saturated rings. The van der Waals surface area contributed by atoms with E-state index >= 15 is 0 Å². The molecule has 0 radical (unpaired) electrons. The Bertz CT molecular complexity index is 798. The van der Waals surface area contributed by atoms with E-state index < -0.39 is 0 Å². The van der Waals surface area contributed by atoms with Crippen LogP contribution in [0, 0.1) is 11.3 Å². The zero-order chi connectivity index (χ0) is 20.3. The minimum atomic E-state index is -0.369. The summed E-state index contributed by atoms with van der Waals surface area (Å²) in [5.74, 6) is 0.212. The van der Waals surface area contributed by atoms with Gasteiger partial charge in [0.2, 0.25) is 11.8 Å². The molecular weight excluding hydrogens is 352 g/mol. The van der Waals surface area contributed by atoms with Crippen molar-refractivity contribution in [2.45, 2.75) is 46.6 Å². The van der Waals surface area contributed by atoms with Crippen molar-refractivity contribution in [3.05, 3.63) is 48.5 Å². The van der Waals surface area contributed by atoms with E-state index in [1.54, 1.807) is 12.5 Å². The summed E-state index contributed by atoms with van der Waals surface area (Å²) in [5, 5.41) is 3.13. The minimum Gasteiger partial charge on any atom is -0.349 e. The zero-order valence-electron chi connectivity index (χ0n) is 17.2.